The van der Waals surface area contributed by atoms with Crippen molar-refractivity contribution in [3.8, 4) is 0 Å². The summed E-state index contributed by atoms with van der Waals surface area (Å²) in [5, 5.41) is 11.0. The van der Waals surface area contributed by atoms with E-state index >= 15 is 0 Å². The molecule has 0 aliphatic heterocycles. The van der Waals surface area contributed by atoms with Crippen LogP contribution in [0.25, 0.3) is 0 Å². The number of likely N-dealkylation sites (N-methyl/N-ethyl adjacent to an activating group) is 2. The summed E-state index contributed by atoms with van der Waals surface area (Å²) in [6.07, 6.45) is 0. The summed E-state index contributed by atoms with van der Waals surface area (Å²) in [4.78, 5) is 28.5. The molecule has 0 fully saturated rings. The number of carbonyl (C=O) groups excluding carboxylic acids is 1. The standard InChI is InChI=1S/C10H13ClN4O3/c1-13(2)9(16)6-14(3)10-7(15(17)18)4-5-8(11)12-10/h4-5H,6H2,1-3H3. The third-order valence-corrected chi connectivity index (χ3v) is 2.46. The smallest absolute Gasteiger partial charge is 0.311 e. The number of amides is 1. The molecule has 0 bridgehead atoms. The van der Waals surface area contributed by atoms with Crippen molar-refractivity contribution in [3.05, 3.63) is 27.4 Å². The zero-order valence-corrected chi connectivity index (χ0v) is 11.0. The maximum Gasteiger partial charge on any atom is 0.311 e. The number of carbonyl (C=O) groups is 1. The highest BCUT2D eigenvalue weighted by atomic mass is 35.5. The van der Waals surface area contributed by atoms with E-state index in [1.165, 1.54) is 21.9 Å². The molecule has 7 nitrogen and oxygen atoms in total. The number of hydrogen-bond donors (Lipinski definition) is 0. The maximum atomic E-state index is 11.5. The molecule has 1 amide bonds. The molecule has 0 unspecified atom stereocenters. The average molecular weight is 273 g/mol. The van der Waals surface area contributed by atoms with Gasteiger partial charge in [-0.15, -0.1) is 0 Å². The third kappa shape index (κ3) is 3.30. The summed E-state index contributed by atoms with van der Waals surface area (Å²) >= 11 is 5.71. The van der Waals surface area contributed by atoms with Gasteiger partial charge in [-0.2, -0.15) is 0 Å². The number of rotatable bonds is 4. The topological polar surface area (TPSA) is 79.6 Å². The Morgan fingerprint density at radius 1 is 1.44 bits per heavy atom. The molecular weight excluding hydrogens is 260 g/mol. The predicted octanol–water partition coefficient (Wildman–Crippen LogP) is 1.17. The predicted molar refractivity (Wildman–Crippen MR) is 67.9 cm³/mol. The Morgan fingerprint density at radius 3 is 2.56 bits per heavy atom. The van der Waals surface area contributed by atoms with E-state index in [1.54, 1.807) is 21.1 Å². The van der Waals surface area contributed by atoms with Gasteiger partial charge in [-0.05, 0) is 6.07 Å². The fourth-order valence-electron chi connectivity index (χ4n) is 1.26. The van der Waals surface area contributed by atoms with Crippen molar-refractivity contribution < 1.29 is 9.72 Å². The van der Waals surface area contributed by atoms with Gasteiger partial charge in [0.05, 0.1) is 11.5 Å². The van der Waals surface area contributed by atoms with Gasteiger partial charge >= 0.3 is 5.69 Å². The number of hydrogen-bond acceptors (Lipinski definition) is 5. The molecule has 0 saturated carbocycles. The Morgan fingerprint density at radius 2 is 2.06 bits per heavy atom. The first-order valence-electron chi connectivity index (χ1n) is 5.05. The van der Waals surface area contributed by atoms with Crippen molar-refractivity contribution >= 4 is 29.0 Å². The average Bonchev–Trinajstić information content (AvgIpc) is 2.28. The fraction of sp³-hybridized carbons (Fsp3) is 0.400. The van der Waals surface area contributed by atoms with Crippen LogP contribution in [0.4, 0.5) is 11.5 Å². The maximum absolute atomic E-state index is 11.5. The van der Waals surface area contributed by atoms with Gasteiger partial charge in [-0.1, -0.05) is 11.6 Å². The Hall–Kier alpha value is -1.89. The second kappa shape index (κ2) is 5.63. The highest BCUT2D eigenvalue weighted by molar-refractivity contribution is 6.29. The summed E-state index contributed by atoms with van der Waals surface area (Å²) in [5.41, 5.74) is -0.187. The minimum absolute atomic E-state index is 0.0127. The fourth-order valence-corrected chi connectivity index (χ4v) is 1.40. The Bertz CT molecular complexity index is 478. The lowest BCUT2D eigenvalue weighted by Gasteiger charge is -2.19. The van der Waals surface area contributed by atoms with Crippen LogP contribution in [0.1, 0.15) is 0 Å². The summed E-state index contributed by atoms with van der Waals surface area (Å²) < 4.78 is 0. The quantitative estimate of drug-likeness (QED) is 0.467. The lowest BCUT2D eigenvalue weighted by molar-refractivity contribution is -0.384. The van der Waals surface area contributed by atoms with Crippen LogP contribution in [-0.4, -0.2) is 48.4 Å². The molecular formula is C10H13ClN4O3. The SMILES string of the molecule is CN(C)C(=O)CN(C)c1nc(Cl)ccc1[N+](=O)[O-]. The first kappa shape index (κ1) is 14.2. The Balaban J connectivity index is 3.04. The highest BCUT2D eigenvalue weighted by Crippen LogP contribution is 2.26. The van der Waals surface area contributed by atoms with Gasteiger partial charge < -0.3 is 9.80 Å². The van der Waals surface area contributed by atoms with Gasteiger partial charge in [0.25, 0.3) is 0 Å². The van der Waals surface area contributed by atoms with Crippen molar-refractivity contribution in [1.82, 2.24) is 9.88 Å². The Labute approximate surface area is 109 Å². The van der Waals surface area contributed by atoms with E-state index in [9.17, 15) is 14.9 Å². The summed E-state index contributed by atoms with van der Waals surface area (Å²) in [5.74, 6) is -0.115. The van der Waals surface area contributed by atoms with Gasteiger partial charge in [-0.25, -0.2) is 4.98 Å². The van der Waals surface area contributed by atoms with Crippen molar-refractivity contribution in [3.63, 3.8) is 0 Å². The number of nitro groups is 1. The van der Waals surface area contributed by atoms with Gasteiger partial charge in [-0.3, -0.25) is 14.9 Å². The van der Waals surface area contributed by atoms with Crippen LogP contribution in [0.2, 0.25) is 5.15 Å². The second-order valence-corrected chi connectivity index (χ2v) is 4.27. The first-order valence-corrected chi connectivity index (χ1v) is 5.43. The molecule has 1 aromatic heterocycles. The lowest BCUT2D eigenvalue weighted by atomic mass is 10.3. The number of halogens is 1. The monoisotopic (exact) mass is 272 g/mol. The molecule has 0 aliphatic rings. The van der Waals surface area contributed by atoms with Crippen molar-refractivity contribution in [2.24, 2.45) is 0 Å². The van der Waals surface area contributed by atoms with Gasteiger partial charge in [0.15, 0.2) is 0 Å². The van der Waals surface area contributed by atoms with Crippen LogP contribution in [0.5, 0.6) is 0 Å². The number of pyridine rings is 1. The first-order chi connectivity index (χ1) is 8.32. The van der Waals surface area contributed by atoms with Crippen LogP contribution in [0.3, 0.4) is 0 Å². The van der Waals surface area contributed by atoms with Crippen LogP contribution in [-0.2, 0) is 4.79 Å². The molecule has 1 aromatic rings. The molecule has 18 heavy (non-hydrogen) atoms. The van der Waals surface area contributed by atoms with Crippen LogP contribution in [0.15, 0.2) is 12.1 Å². The second-order valence-electron chi connectivity index (χ2n) is 3.88. The molecule has 0 aliphatic carbocycles. The summed E-state index contributed by atoms with van der Waals surface area (Å²) in [7, 11) is 4.76. The van der Waals surface area contributed by atoms with Crippen LogP contribution >= 0.6 is 11.6 Å². The zero-order chi connectivity index (χ0) is 13.9. The molecule has 0 spiro atoms. The Kier molecular flexibility index (Phi) is 4.43. The highest BCUT2D eigenvalue weighted by Gasteiger charge is 2.21. The molecule has 0 N–H and O–H groups in total. The summed E-state index contributed by atoms with van der Waals surface area (Å²) in [6, 6.07) is 2.60. The van der Waals surface area contributed by atoms with Crippen LogP contribution in [0, 0.1) is 10.1 Å². The molecule has 0 radical (unpaired) electrons. The van der Waals surface area contributed by atoms with Crippen LogP contribution < -0.4 is 4.90 Å². The third-order valence-electron chi connectivity index (χ3n) is 2.25. The van der Waals surface area contributed by atoms with Crippen molar-refractivity contribution in [2.75, 3.05) is 32.6 Å². The van der Waals surface area contributed by atoms with Gasteiger partial charge in [0.1, 0.15) is 5.15 Å². The minimum Gasteiger partial charge on any atom is -0.347 e. The number of aromatic nitrogens is 1. The molecule has 8 heteroatoms. The van der Waals surface area contributed by atoms with E-state index in [0.29, 0.717) is 0 Å². The molecule has 1 heterocycles. The van der Waals surface area contributed by atoms with Gasteiger partial charge in [0, 0.05) is 27.2 Å². The zero-order valence-electron chi connectivity index (χ0n) is 10.3. The van der Waals surface area contributed by atoms with E-state index in [2.05, 4.69) is 4.98 Å². The van der Waals surface area contributed by atoms with E-state index in [1.807, 2.05) is 0 Å². The van der Waals surface area contributed by atoms with E-state index in [-0.39, 0.29) is 29.1 Å². The van der Waals surface area contributed by atoms with E-state index in [4.69, 9.17) is 11.6 Å². The number of anilines is 1. The number of nitrogens with zero attached hydrogens (tertiary/aromatic N) is 4. The van der Waals surface area contributed by atoms with Crippen molar-refractivity contribution in [1.29, 1.82) is 0 Å². The van der Waals surface area contributed by atoms with E-state index < -0.39 is 4.92 Å². The molecule has 0 saturated heterocycles. The molecule has 1 rings (SSSR count). The molecule has 0 atom stereocenters. The van der Waals surface area contributed by atoms with Crippen molar-refractivity contribution in [2.45, 2.75) is 0 Å². The molecule has 98 valence electrons. The van der Waals surface area contributed by atoms with Gasteiger partial charge in [0.2, 0.25) is 11.7 Å². The van der Waals surface area contributed by atoms with E-state index in [0.717, 1.165) is 0 Å². The normalized spacial score (nSPS) is 10.0. The lowest BCUT2D eigenvalue weighted by Crippen LogP contribution is -2.35. The summed E-state index contributed by atoms with van der Waals surface area (Å²) in [6.45, 7) is -0.0127. The molecule has 0 aromatic carbocycles. The largest absolute Gasteiger partial charge is 0.347 e. The minimum atomic E-state index is -0.560.